The van der Waals surface area contributed by atoms with Gasteiger partial charge in [-0.15, -0.1) is 0 Å². The summed E-state index contributed by atoms with van der Waals surface area (Å²) in [5, 5.41) is 41.8. The molecule has 0 unspecified atom stereocenters. The van der Waals surface area contributed by atoms with Crippen LogP contribution in [-0.4, -0.2) is 20.4 Å². The van der Waals surface area contributed by atoms with Crippen molar-refractivity contribution in [3.05, 3.63) is 131 Å². The molecule has 0 atom stereocenters. The normalized spacial score (nSPS) is 11.1. The molecule has 0 aliphatic heterocycles. The van der Waals surface area contributed by atoms with Crippen LogP contribution in [0.25, 0.3) is 22.3 Å². The fourth-order valence-corrected chi connectivity index (χ4v) is 5.02. The fourth-order valence-electron chi connectivity index (χ4n) is 5.02. The van der Waals surface area contributed by atoms with Crippen molar-refractivity contribution in [2.75, 3.05) is 0 Å². The summed E-state index contributed by atoms with van der Waals surface area (Å²) in [6.07, 6.45) is 3.25. The molecule has 0 aromatic heterocycles. The van der Waals surface area contributed by atoms with Crippen LogP contribution in [0.4, 0.5) is 0 Å². The Morgan fingerprint density at radius 3 is 1.38 bits per heavy atom. The third-order valence-electron chi connectivity index (χ3n) is 7.21. The third-order valence-corrected chi connectivity index (χ3v) is 7.21. The quantitative estimate of drug-likeness (QED) is 0.156. The average molecular weight is 517 g/mol. The summed E-state index contributed by atoms with van der Waals surface area (Å²) in [4.78, 5) is 0. The maximum Gasteiger partial charge on any atom is 0.119 e. The first-order valence-electron chi connectivity index (χ1n) is 13.3. The molecule has 5 rings (SSSR count). The highest BCUT2D eigenvalue weighted by Crippen LogP contribution is 2.43. The van der Waals surface area contributed by atoms with Crippen molar-refractivity contribution in [2.45, 2.75) is 32.1 Å². The van der Waals surface area contributed by atoms with E-state index in [0.717, 1.165) is 47.1 Å². The lowest BCUT2D eigenvalue weighted by molar-refractivity contribution is 0.458. The van der Waals surface area contributed by atoms with Crippen molar-refractivity contribution >= 4 is 0 Å². The van der Waals surface area contributed by atoms with Crippen LogP contribution in [0.5, 0.6) is 23.0 Å². The molecule has 4 nitrogen and oxygen atoms in total. The standard InChI is InChI=1S/C35H32O4/c1-2-3-4-23-5-7-26(8-6-23)35(31-21-27(13-19-33(31)38)24-9-15-29(36)16-10-24)32-22-28(14-20-34(32)39)25-11-17-30(37)18-12-25/h5-22,35-39H,2-4H2,1H3. The number of unbranched alkanes of at least 4 members (excludes halogenated alkanes) is 1. The fraction of sp³-hybridized carbons (Fsp3) is 0.143. The third kappa shape index (κ3) is 5.75. The van der Waals surface area contributed by atoms with Crippen LogP contribution in [0.1, 0.15) is 47.9 Å². The van der Waals surface area contributed by atoms with Gasteiger partial charge in [0.05, 0.1) is 0 Å². The smallest absolute Gasteiger partial charge is 0.119 e. The maximum absolute atomic E-state index is 11.1. The number of aryl methyl sites for hydroxylation is 1. The average Bonchev–Trinajstić information content (AvgIpc) is 2.95. The minimum Gasteiger partial charge on any atom is -0.508 e. The van der Waals surface area contributed by atoms with Gasteiger partial charge in [-0.3, -0.25) is 0 Å². The lowest BCUT2D eigenvalue weighted by Gasteiger charge is -2.23. The largest absolute Gasteiger partial charge is 0.508 e. The Morgan fingerprint density at radius 1 is 0.513 bits per heavy atom. The van der Waals surface area contributed by atoms with E-state index in [9.17, 15) is 20.4 Å². The molecule has 0 bridgehead atoms. The number of aromatic hydroxyl groups is 4. The van der Waals surface area contributed by atoms with Gasteiger partial charge in [-0.05, 0) is 94.8 Å². The van der Waals surface area contributed by atoms with Crippen LogP contribution in [0.2, 0.25) is 0 Å². The monoisotopic (exact) mass is 516 g/mol. The van der Waals surface area contributed by atoms with Crippen molar-refractivity contribution in [3.63, 3.8) is 0 Å². The van der Waals surface area contributed by atoms with Crippen LogP contribution < -0.4 is 0 Å². The van der Waals surface area contributed by atoms with Crippen LogP contribution in [0.3, 0.4) is 0 Å². The number of hydrogen-bond donors (Lipinski definition) is 4. The van der Waals surface area contributed by atoms with E-state index >= 15 is 0 Å². The zero-order chi connectivity index (χ0) is 27.4. The van der Waals surface area contributed by atoms with Crippen LogP contribution in [0, 0.1) is 0 Å². The summed E-state index contributed by atoms with van der Waals surface area (Å²) >= 11 is 0. The molecule has 4 N–H and O–H groups in total. The molecule has 0 aliphatic rings. The van der Waals surface area contributed by atoms with Crippen LogP contribution in [0.15, 0.2) is 109 Å². The second-order valence-corrected chi connectivity index (χ2v) is 9.92. The lowest BCUT2D eigenvalue weighted by atomic mass is 9.81. The summed E-state index contributed by atoms with van der Waals surface area (Å²) in [6, 6.07) is 33.3. The van der Waals surface area contributed by atoms with Gasteiger partial charge < -0.3 is 20.4 Å². The Labute approximate surface area is 229 Å². The van der Waals surface area contributed by atoms with Gasteiger partial charge in [0, 0.05) is 17.0 Å². The Kier molecular flexibility index (Phi) is 7.55. The molecule has 0 fully saturated rings. The van der Waals surface area contributed by atoms with E-state index < -0.39 is 5.92 Å². The van der Waals surface area contributed by atoms with Crippen molar-refractivity contribution in [2.24, 2.45) is 0 Å². The number of rotatable bonds is 8. The van der Waals surface area contributed by atoms with Gasteiger partial charge in [-0.1, -0.05) is 74.0 Å². The maximum atomic E-state index is 11.1. The summed E-state index contributed by atoms with van der Waals surface area (Å²) in [5.41, 5.74) is 7.13. The summed E-state index contributed by atoms with van der Waals surface area (Å²) in [7, 11) is 0. The molecule has 0 saturated carbocycles. The number of phenolic OH excluding ortho intramolecular Hbond substituents is 4. The molecule has 0 radical (unpaired) electrons. The molecule has 39 heavy (non-hydrogen) atoms. The first-order chi connectivity index (χ1) is 18.9. The molecule has 5 aromatic rings. The molecule has 0 spiro atoms. The molecular weight excluding hydrogens is 484 g/mol. The molecule has 196 valence electrons. The van der Waals surface area contributed by atoms with Gasteiger partial charge in [0.1, 0.15) is 23.0 Å². The first kappa shape index (κ1) is 25.9. The van der Waals surface area contributed by atoms with E-state index in [0.29, 0.717) is 11.1 Å². The topological polar surface area (TPSA) is 80.9 Å². The second kappa shape index (κ2) is 11.4. The van der Waals surface area contributed by atoms with Gasteiger partial charge in [-0.25, -0.2) is 0 Å². The molecule has 5 aromatic carbocycles. The van der Waals surface area contributed by atoms with E-state index in [2.05, 4.69) is 31.2 Å². The number of phenols is 4. The van der Waals surface area contributed by atoms with Crippen LogP contribution >= 0.6 is 0 Å². The van der Waals surface area contributed by atoms with Crippen molar-refractivity contribution in [1.29, 1.82) is 0 Å². The van der Waals surface area contributed by atoms with E-state index in [1.54, 1.807) is 36.4 Å². The van der Waals surface area contributed by atoms with Gasteiger partial charge in [0.2, 0.25) is 0 Å². The number of hydrogen-bond acceptors (Lipinski definition) is 4. The zero-order valence-corrected chi connectivity index (χ0v) is 21.9. The predicted molar refractivity (Wildman–Crippen MR) is 156 cm³/mol. The number of benzene rings is 5. The minimum atomic E-state index is -0.445. The highest BCUT2D eigenvalue weighted by atomic mass is 16.3. The second-order valence-electron chi connectivity index (χ2n) is 9.92. The lowest BCUT2D eigenvalue weighted by Crippen LogP contribution is -2.05. The van der Waals surface area contributed by atoms with E-state index in [-0.39, 0.29) is 23.0 Å². The molecule has 0 aliphatic carbocycles. The van der Waals surface area contributed by atoms with Crippen LogP contribution in [-0.2, 0) is 6.42 Å². The van der Waals surface area contributed by atoms with Crippen molar-refractivity contribution < 1.29 is 20.4 Å². The van der Waals surface area contributed by atoms with Gasteiger partial charge in [-0.2, -0.15) is 0 Å². The van der Waals surface area contributed by atoms with Crippen molar-refractivity contribution in [3.8, 4) is 45.3 Å². The van der Waals surface area contributed by atoms with E-state index in [1.165, 1.54) is 5.56 Å². The Bertz CT molecular complexity index is 1460. The van der Waals surface area contributed by atoms with Gasteiger partial charge in [0.25, 0.3) is 0 Å². The highest BCUT2D eigenvalue weighted by molar-refractivity contribution is 5.71. The highest BCUT2D eigenvalue weighted by Gasteiger charge is 2.24. The van der Waals surface area contributed by atoms with Gasteiger partial charge >= 0.3 is 0 Å². The molecule has 0 amide bonds. The molecule has 0 saturated heterocycles. The van der Waals surface area contributed by atoms with E-state index in [4.69, 9.17) is 0 Å². The summed E-state index contributed by atoms with van der Waals surface area (Å²) in [6.45, 7) is 2.18. The molecular formula is C35H32O4. The van der Waals surface area contributed by atoms with E-state index in [1.807, 2.05) is 48.5 Å². The predicted octanol–water partition coefficient (Wildman–Crippen LogP) is 8.37. The SMILES string of the molecule is CCCCc1ccc(C(c2cc(-c3ccc(O)cc3)ccc2O)c2cc(-c3ccc(O)cc3)ccc2O)cc1. The Hall–Kier alpha value is -4.70. The minimum absolute atomic E-state index is 0.132. The van der Waals surface area contributed by atoms with Crippen molar-refractivity contribution in [1.82, 2.24) is 0 Å². The summed E-state index contributed by atoms with van der Waals surface area (Å²) < 4.78 is 0. The first-order valence-corrected chi connectivity index (χ1v) is 13.3. The Morgan fingerprint density at radius 2 is 0.949 bits per heavy atom. The summed E-state index contributed by atoms with van der Waals surface area (Å²) in [5.74, 6) is 0.197. The molecule has 4 heteroatoms. The Balaban J connectivity index is 1.67. The van der Waals surface area contributed by atoms with Gasteiger partial charge in [0.15, 0.2) is 0 Å². The molecule has 0 heterocycles. The zero-order valence-electron chi connectivity index (χ0n) is 21.9.